The molecule has 2 rings (SSSR count). The molecule has 1 unspecified atom stereocenters. The largest absolute Gasteiger partial charge is 0.386 e. The van der Waals surface area contributed by atoms with Crippen LogP contribution in [0.5, 0.6) is 0 Å². The Labute approximate surface area is 121 Å². The third-order valence-electron chi connectivity index (χ3n) is 3.19. The van der Waals surface area contributed by atoms with Crippen molar-refractivity contribution in [3.8, 4) is 0 Å². The maximum Gasteiger partial charge on any atom is 0.251 e. The molecule has 0 radical (unpaired) electrons. The van der Waals surface area contributed by atoms with Crippen LogP contribution in [-0.2, 0) is 9.53 Å². The van der Waals surface area contributed by atoms with Crippen LogP contribution in [0.15, 0.2) is 24.3 Å². The highest BCUT2D eigenvalue weighted by Crippen LogP contribution is 2.16. The Balaban J connectivity index is 1.75. The fraction of sp³-hybridized carbons (Fsp3) is 0.429. The van der Waals surface area contributed by atoms with Gasteiger partial charge >= 0.3 is 0 Å². The highest BCUT2D eigenvalue weighted by atomic mass is 19.1. The molecule has 1 aliphatic rings. The zero-order valence-corrected chi connectivity index (χ0v) is 11.4. The summed E-state index contributed by atoms with van der Waals surface area (Å²) in [5, 5.41) is 14.9. The van der Waals surface area contributed by atoms with Gasteiger partial charge in [-0.2, -0.15) is 0 Å². The molecule has 6 nitrogen and oxygen atoms in total. The second-order valence-corrected chi connectivity index (χ2v) is 5.00. The molecule has 1 aliphatic heterocycles. The van der Waals surface area contributed by atoms with E-state index in [2.05, 4.69) is 10.6 Å². The molecule has 21 heavy (non-hydrogen) atoms. The van der Waals surface area contributed by atoms with Crippen molar-refractivity contribution in [2.45, 2.75) is 12.0 Å². The maximum atomic E-state index is 13.0. The number of hydrogen-bond donors (Lipinski definition) is 3. The van der Waals surface area contributed by atoms with Crippen molar-refractivity contribution >= 4 is 11.8 Å². The summed E-state index contributed by atoms with van der Waals surface area (Å²) >= 11 is 0. The van der Waals surface area contributed by atoms with E-state index in [0.717, 1.165) is 6.07 Å². The first-order valence-electron chi connectivity index (χ1n) is 6.59. The number of benzene rings is 1. The maximum absolute atomic E-state index is 13.0. The number of hydrogen-bond acceptors (Lipinski definition) is 4. The third kappa shape index (κ3) is 4.51. The number of nitrogens with one attached hydrogen (secondary N) is 2. The van der Waals surface area contributed by atoms with Gasteiger partial charge in [0.2, 0.25) is 5.91 Å². The minimum Gasteiger partial charge on any atom is -0.386 e. The standard InChI is InChI=1S/C14H17FN2O4/c15-11-3-1-2-10(6-11)13(19)16-7-12(18)17-8-14(20)4-5-21-9-14/h1-3,6,20H,4-5,7-9H2,(H,16,19)(H,17,18). The molecule has 1 aromatic rings. The highest BCUT2D eigenvalue weighted by molar-refractivity contribution is 5.96. The van der Waals surface area contributed by atoms with Crippen molar-refractivity contribution in [1.82, 2.24) is 10.6 Å². The summed E-state index contributed by atoms with van der Waals surface area (Å²) < 4.78 is 18.0. The monoisotopic (exact) mass is 296 g/mol. The lowest BCUT2D eigenvalue weighted by Crippen LogP contribution is -2.46. The van der Waals surface area contributed by atoms with E-state index in [1.165, 1.54) is 18.2 Å². The first-order chi connectivity index (χ1) is 9.98. The predicted molar refractivity (Wildman–Crippen MR) is 72.1 cm³/mol. The van der Waals surface area contributed by atoms with Gasteiger partial charge in [0, 0.05) is 25.1 Å². The molecule has 1 heterocycles. The van der Waals surface area contributed by atoms with Crippen LogP contribution < -0.4 is 10.6 Å². The molecule has 1 aromatic carbocycles. The lowest BCUT2D eigenvalue weighted by atomic mass is 10.0. The van der Waals surface area contributed by atoms with Crippen LogP contribution in [0, 0.1) is 5.82 Å². The van der Waals surface area contributed by atoms with Gasteiger partial charge in [-0.3, -0.25) is 9.59 Å². The fourth-order valence-electron chi connectivity index (χ4n) is 1.95. The van der Waals surface area contributed by atoms with Crippen LogP contribution in [0.1, 0.15) is 16.8 Å². The molecule has 114 valence electrons. The van der Waals surface area contributed by atoms with Crippen LogP contribution in [0.25, 0.3) is 0 Å². The van der Waals surface area contributed by atoms with E-state index in [4.69, 9.17) is 4.74 Å². The smallest absolute Gasteiger partial charge is 0.251 e. The molecular weight excluding hydrogens is 279 g/mol. The number of amides is 2. The van der Waals surface area contributed by atoms with Gasteiger partial charge in [0.25, 0.3) is 5.91 Å². The van der Waals surface area contributed by atoms with Gasteiger partial charge < -0.3 is 20.5 Å². The molecule has 0 spiro atoms. The molecular formula is C14H17FN2O4. The number of carbonyl (C=O) groups is 2. The Bertz CT molecular complexity index is 529. The van der Waals surface area contributed by atoms with Crippen molar-refractivity contribution in [1.29, 1.82) is 0 Å². The zero-order valence-electron chi connectivity index (χ0n) is 11.4. The topological polar surface area (TPSA) is 87.7 Å². The van der Waals surface area contributed by atoms with E-state index in [1.54, 1.807) is 0 Å². The lowest BCUT2D eigenvalue weighted by molar-refractivity contribution is -0.121. The second kappa shape index (κ2) is 6.64. The van der Waals surface area contributed by atoms with Gasteiger partial charge in [0.05, 0.1) is 13.2 Å². The van der Waals surface area contributed by atoms with Crippen LogP contribution in [0.3, 0.4) is 0 Å². The van der Waals surface area contributed by atoms with Gasteiger partial charge in [-0.15, -0.1) is 0 Å². The second-order valence-electron chi connectivity index (χ2n) is 5.00. The number of aliphatic hydroxyl groups is 1. The highest BCUT2D eigenvalue weighted by Gasteiger charge is 2.32. The van der Waals surface area contributed by atoms with Gasteiger partial charge in [-0.1, -0.05) is 6.07 Å². The van der Waals surface area contributed by atoms with E-state index >= 15 is 0 Å². The number of halogens is 1. The van der Waals surface area contributed by atoms with Gasteiger partial charge in [-0.05, 0) is 18.2 Å². The van der Waals surface area contributed by atoms with E-state index in [9.17, 15) is 19.1 Å². The first-order valence-corrected chi connectivity index (χ1v) is 6.59. The first kappa shape index (κ1) is 15.4. The lowest BCUT2D eigenvalue weighted by Gasteiger charge is -2.20. The molecule has 1 saturated heterocycles. The van der Waals surface area contributed by atoms with E-state index in [-0.39, 0.29) is 25.3 Å². The summed E-state index contributed by atoms with van der Waals surface area (Å²) in [5.41, 5.74) is -0.895. The predicted octanol–water partition coefficient (Wildman–Crippen LogP) is -0.177. The molecule has 1 fully saturated rings. The van der Waals surface area contributed by atoms with E-state index < -0.39 is 23.2 Å². The quantitative estimate of drug-likeness (QED) is 0.703. The van der Waals surface area contributed by atoms with Crippen LogP contribution in [0.4, 0.5) is 4.39 Å². The van der Waals surface area contributed by atoms with Crippen molar-refractivity contribution in [2.24, 2.45) is 0 Å². The Hall–Kier alpha value is -1.99. The summed E-state index contributed by atoms with van der Waals surface area (Å²) in [5.74, 6) is -1.48. The van der Waals surface area contributed by atoms with Crippen LogP contribution in [-0.4, -0.2) is 48.8 Å². The van der Waals surface area contributed by atoms with Crippen molar-refractivity contribution < 1.29 is 23.8 Å². The summed E-state index contributed by atoms with van der Waals surface area (Å²) in [6.45, 7) is 0.472. The Morgan fingerprint density at radius 3 is 2.86 bits per heavy atom. The SMILES string of the molecule is O=C(CNC(=O)c1cccc(F)c1)NCC1(O)CCOC1. The van der Waals surface area contributed by atoms with Gasteiger partial charge in [-0.25, -0.2) is 4.39 Å². The van der Waals surface area contributed by atoms with Crippen molar-refractivity contribution in [3.63, 3.8) is 0 Å². The molecule has 0 aliphatic carbocycles. The normalized spacial score (nSPS) is 21.0. The zero-order chi connectivity index (χ0) is 15.3. The van der Waals surface area contributed by atoms with E-state index in [1.807, 2.05) is 0 Å². The Morgan fingerprint density at radius 2 is 2.19 bits per heavy atom. The molecule has 0 saturated carbocycles. The van der Waals surface area contributed by atoms with E-state index in [0.29, 0.717) is 13.0 Å². The third-order valence-corrected chi connectivity index (χ3v) is 3.19. The Kier molecular flexibility index (Phi) is 4.87. The van der Waals surface area contributed by atoms with Crippen molar-refractivity contribution in [2.75, 3.05) is 26.3 Å². The fourth-order valence-corrected chi connectivity index (χ4v) is 1.95. The number of rotatable bonds is 5. The van der Waals surface area contributed by atoms with Gasteiger partial charge in [0.1, 0.15) is 11.4 Å². The minimum atomic E-state index is -1.04. The summed E-state index contributed by atoms with van der Waals surface area (Å²) in [4.78, 5) is 23.3. The Morgan fingerprint density at radius 1 is 1.38 bits per heavy atom. The van der Waals surface area contributed by atoms with Crippen LogP contribution in [0.2, 0.25) is 0 Å². The minimum absolute atomic E-state index is 0.0711. The average Bonchev–Trinajstić information content (AvgIpc) is 2.90. The van der Waals surface area contributed by atoms with Crippen LogP contribution >= 0.6 is 0 Å². The molecule has 7 heteroatoms. The van der Waals surface area contributed by atoms with Crippen molar-refractivity contribution in [3.05, 3.63) is 35.6 Å². The summed E-state index contributed by atoms with van der Waals surface area (Å²) in [6.07, 6.45) is 0.461. The molecule has 0 bridgehead atoms. The number of ether oxygens (including phenoxy) is 1. The molecule has 3 N–H and O–H groups in total. The summed E-state index contributed by atoms with van der Waals surface area (Å²) in [6, 6.07) is 5.19. The summed E-state index contributed by atoms with van der Waals surface area (Å²) in [7, 11) is 0. The molecule has 2 amide bonds. The molecule has 0 aromatic heterocycles. The average molecular weight is 296 g/mol. The molecule has 1 atom stereocenters. The van der Waals surface area contributed by atoms with Gasteiger partial charge in [0.15, 0.2) is 0 Å². The number of carbonyl (C=O) groups excluding carboxylic acids is 2.